The van der Waals surface area contributed by atoms with Gasteiger partial charge in [0.25, 0.3) is 5.91 Å². The number of carbonyl (C=O) groups is 2. The molecule has 25 heavy (non-hydrogen) atoms. The van der Waals surface area contributed by atoms with Crippen molar-refractivity contribution in [3.63, 3.8) is 0 Å². The second-order valence-corrected chi connectivity index (χ2v) is 6.01. The molecule has 2 N–H and O–H groups in total. The van der Waals surface area contributed by atoms with Gasteiger partial charge in [-0.05, 0) is 37.6 Å². The first-order valence-corrected chi connectivity index (χ1v) is 8.08. The van der Waals surface area contributed by atoms with Crippen molar-refractivity contribution in [1.82, 2.24) is 5.32 Å². The molecular weight excluding hydrogens is 320 g/mol. The number of hydrogen-bond donors (Lipinski definition) is 2. The van der Waals surface area contributed by atoms with Gasteiger partial charge in [-0.15, -0.1) is 0 Å². The highest BCUT2D eigenvalue weighted by atomic mass is 16.5. The zero-order valence-corrected chi connectivity index (χ0v) is 14.1. The summed E-state index contributed by atoms with van der Waals surface area (Å²) < 4.78 is 5.01. The molecule has 2 amide bonds. The van der Waals surface area contributed by atoms with E-state index >= 15 is 0 Å². The van der Waals surface area contributed by atoms with Crippen molar-refractivity contribution in [1.29, 1.82) is 0 Å². The third-order valence-electron chi connectivity index (χ3n) is 4.36. The van der Waals surface area contributed by atoms with E-state index in [4.69, 9.17) is 4.74 Å². The van der Waals surface area contributed by atoms with Crippen LogP contribution < -0.4 is 15.0 Å². The molecule has 6 heteroatoms. The van der Waals surface area contributed by atoms with E-state index in [0.717, 1.165) is 5.69 Å². The minimum Gasteiger partial charge on any atom is -0.504 e. The highest BCUT2D eigenvalue weighted by Crippen LogP contribution is 2.30. The molecule has 0 radical (unpaired) electrons. The Hall–Kier alpha value is -3.02. The van der Waals surface area contributed by atoms with Gasteiger partial charge < -0.3 is 20.1 Å². The smallest absolute Gasteiger partial charge is 0.255 e. The van der Waals surface area contributed by atoms with E-state index in [0.29, 0.717) is 6.42 Å². The first-order valence-electron chi connectivity index (χ1n) is 8.08. The maximum Gasteiger partial charge on any atom is 0.255 e. The monoisotopic (exact) mass is 340 g/mol. The highest BCUT2D eigenvalue weighted by molar-refractivity contribution is 6.05. The number of nitrogens with zero attached hydrogens (tertiary/aromatic N) is 1. The Bertz CT molecular complexity index is 791. The zero-order chi connectivity index (χ0) is 18.0. The van der Waals surface area contributed by atoms with E-state index in [9.17, 15) is 14.7 Å². The number of benzene rings is 2. The summed E-state index contributed by atoms with van der Waals surface area (Å²) in [5.74, 6) is -0.683. The number of methoxy groups -OCH3 is 1. The Morgan fingerprint density at radius 2 is 1.92 bits per heavy atom. The topological polar surface area (TPSA) is 78.9 Å². The molecule has 2 aromatic carbocycles. The van der Waals surface area contributed by atoms with Gasteiger partial charge in [-0.25, -0.2) is 0 Å². The Balaban J connectivity index is 1.78. The molecule has 130 valence electrons. The Morgan fingerprint density at radius 3 is 2.60 bits per heavy atom. The summed E-state index contributed by atoms with van der Waals surface area (Å²) in [6.45, 7) is 1.94. The number of anilines is 1. The van der Waals surface area contributed by atoms with Crippen LogP contribution in [0.2, 0.25) is 0 Å². The number of ether oxygens (including phenoxy) is 1. The molecule has 0 unspecified atom stereocenters. The van der Waals surface area contributed by atoms with Crippen molar-refractivity contribution < 1.29 is 19.4 Å². The van der Waals surface area contributed by atoms with Gasteiger partial charge in [0, 0.05) is 11.7 Å². The lowest BCUT2D eigenvalue weighted by Gasteiger charge is -2.21. The summed E-state index contributed by atoms with van der Waals surface area (Å²) in [7, 11) is 1.41. The summed E-state index contributed by atoms with van der Waals surface area (Å²) in [5, 5.41) is 12.8. The van der Waals surface area contributed by atoms with E-state index < -0.39 is 11.9 Å². The van der Waals surface area contributed by atoms with Crippen LogP contribution in [0.5, 0.6) is 11.5 Å². The van der Waals surface area contributed by atoms with E-state index in [-0.39, 0.29) is 29.0 Å². The van der Waals surface area contributed by atoms with Gasteiger partial charge in [0.05, 0.1) is 12.7 Å². The largest absolute Gasteiger partial charge is 0.504 e. The third-order valence-corrected chi connectivity index (χ3v) is 4.36. The number of rotatable bonds is 4. The van der Waals surface area contributed by atoms with Crippen molar-refractivity contribution in [2.24, 2.45) is 0 Å². The Labute approximate surface area is 146 Å². The van der Waals surface area contributed by atoms with Crippen molar-refractivity contribution in [2.45, 2.75) is 25.4 Å². The fraction of sp³-hybridized carbons (Fsp3) is 0.263. The number of amides is 2. The first-order chi connectivity index (χ1) is 12.0. The predicted octanol–water partition coefficient (Wildman–Crippen LogP) is 2.32. The number of nitrogens with one attached hydrogen (secondary N) is 1. The quantitative estimate of drug-likeness (QED) is 0.895. The van der Waals surface area contributed by atoms with Gasteiger partial charge in [0.1, 0.15) is 6.04 Å². The average molecular weight is 340 g/mol. The molecule has 2 aromatic rings. The van der Waals surface area contributed by atoms with E-state index in [1.54, 1.807) is 17.0 Å². The van der Waals surface area contributed by atoms with Crippen LogP contribution in [0.3, 0.4) is 0 Å². The van der Waals surface area contributed by atoms with Gasteiger partial charge in [-0.2, -0.15) is 0 Å². The summed E-state index contributed by atoms with van der Waals surface area (Å²) in [5.41, 5.74) is 0.888. The van der Waals surface area contributed by atoms with Crippen molar-refractivity contribution >= 4 is 17.5 Å². The normalized spacial score (nSPS) is 19.8. The van der Waals surface area contributed by atoms with E-state index in [2.05, 4.69) is 5.32 Å². The molecule has 6 nitrogen and oxygen atoms in total. The summed E-state index contributed by atoms with van der Waals surface area (Å²) in [6, 6.07) is 13.4. The second kappa shape index (κ2) is 6.84. The molecule has 0 saturated carbocycles. The number of aromatic hydroxyl groups is 1. The van der Waals surface area contributed by atoms with Gasteiger partial charge >= 0.3 is 0 Å². The Kier molecular flexibility index (Phi) is 4.61. The minimum atomic E-state index is -0.631. The fourth-order valence-corrected chi connectivity index (χ4v) is 3.13. The number of para-hydroxylation sites is 2. The fourth-order valence-electron chi connectivity index (χ4n) is 3.13. The van der Waals surface area contributed by atoms with E-state index in [1.807, 2.05) is 37.3 Å². The molecule has 1 fully saturated rings. The second-order valence-electron chi connectivity index (χ2n) is 6.01. The standard InChI is InChI=1S/C19H20N2O4/c1-12-11-15(19(24)21(12)13-7-4-3-5-8-13)20-18(23)14-9-6-10-16(25-2)17(14)22/h3-10,12,15,22H,11H2,1-2H3,(H,20,23)/t12-,15-/m0/s1. The van der Waals surface area contributed by atoms with Crippen LogP contribution in [0, 0.1) is 0 Å². The molecule has 0 aliphatic carbocycles. The molecule has 0 bridgehead atoms. The van der Waals surface area contributed by atoms with Crippen molar-refractivity contribution in [2.75, 3.05) is 12.0 Å². The minimum absolute atomic E-state index is 0.0286. The molecule has 1 aliphatic rings. The molecule has 1 aliphatic heterocycles. The first kappa shape index (κ1) is 16.8. The lowest BCUT2D eigenvalue weighted by Crippen LogP contribution is -2.42. The maximum atomic E-state index is 12.7. The van der Waals surface area contributed by atoms with Gasteiger partial charge in [0.15, 0.2) is 11.5 Å². The highest BCUT2D eigenvalue weighted by Gasteiger charge is 2.39. The lowest BCUT2D eigenvalue weighted by atomic mass is 10.1. The van der Waals surface area contributed by atoms with Crippen LogP contribution in [0.15, 0.2) is 48.5 Å². The van der Waals surface area contributed by atoms with Gasteiger partial charge in [-0.3, -0.25) is 9.59 Å². The van der Waals surface area contributed by atoms with E-state index in [1.165, 1.54) is 13.2 Å². The van der Waals surface area contributed by atoms with Crippen LogP contribution in [0.25, 0.3) is 0 Å². The van der Waals surface area contributed by atoms with Crippen LogP contribution in [-0.2, 0) is 4.79 Å². The number of phenols is 1. The summed E-state index contributed by atoms with van der Waals surface area (Å²) in [6.07, 6.45) is 0.504. The third kappa shape index (κ3) is 3.15. The lowest BCUT2D eigenvalue weighted by molar-refractivity contribution is -0.118. The molecule has 1 heterocycles. The summed E-state index contributed by atoms with van der Waals surface area (Å²) >= 11 is 0. The van der Waals surface area contributed by atoms with Gasteiger partial charge in [0.2, 0.25) is 5.91 Å². The molecule has 1 saturated heterocycles. The maximum absolute atomic E-state index is 12.7. The average Bonchev–Trinajstić information content (AvgIpc) is 2.89. The van der Waals surface area contributed by atoms with Crippen LogP contribution in [0.4, 0.5) is 5.69 Å². The van der Waals surface area contributed by atoms with Crippen molar-refractivity contribution in [3.05, 3.63) is 54.1 Å². The predicted molar refractivity (Wildman–Crippen MR) is 93.9 cm³/mol. The SMILES string of the molecule is COc1cccc(C(=O)N[C@H]2C[C@H](C)N(c3ccccc3)C2=O)c1O. The zero-order valence-electron chi connectivity index (χ0n) is 14.1. The van der Waals surface area contributed by atoms with Gasteiger partial charge in [-0.1, -0.05) is 24.3 Å². The Morgan fingerprint density at radius 1 is 1.20 bits per heavy atom. The molecule has 0 spiro atoms. The summed E-state index contributed by atoms with van der Waals surface area (Å²) in [4.78, 5) is 26.9. The van der Waals surface area contributed by atoms with Crippen molar-refractivity contribution in [3.8, 4) is 11.5 Å². The molecule has 0 aromatic heterocycles. The molecular formula is C19H20N2O4. The molecule has 3 rings (SSSR count). The van der Waals surface area contributed by atoms with Crippen LogP contribution in [0.1, 0.15) is 23.7 Å². The van der Waals surface area contributed by atoms with Crippen LogP contribution >= 0.6 is 0 Å². The van der Waals surface area contributed by atoms with Crippen LogP contribution in [-0.4, -0.2) is 36.1 Å². The molecule has 2 atom stereocenters. The number of phenolic OH excluding ortho intramolecular Hbond substituents is 1. The number of hydrogen-bond acceptors (Lipinski definition) is 4. The number of carbonyl (C=O) groups excluding carboxylic acids is 2.